The first-order valence-corrected chi connectivity index (χ1v) is 11.7. The molecule has 1 aliphatic carbocycles. The van der Waals surface area contributed by atoms with Crippen LogP contribution in [0.15, 0.2) is 40.1 Å². The molecule has 0 radical (unpaired) electrons. The standard InChI is InChI=1S/C24H29N5O3/c30-23-21-20(29(24(31)27-23)18-6-2-3-7-18)16-25-22(26-21)17-8-10-19(11-9-17)32-15-14-28-12-4-1-5-13-28/h8-11,16,18H,1-7,12-15H2,(H,27,30,31). The maximum Gasteiger partial charge on any atom is 0.329 e. The second kappa shape index (κ2) is 9.24. The molecule has 0 spiro atoms. The monoisotopic (exact) mass is 435 g/mol. The van der Waals surface area contributed by atoms with Gasteiger partial charge in [-0.25, -0.2) is 14.8 Å². The van der Waals surface area contributed by atoms with Crippen molar-refractivity contribution in [1.29, 1.82) is 0 Å². The lowest BCUT2D eigenvalue weighted by molar-refractivity contribution is 0.183. The lowest BCUT2D eigenvalue weighted by Gasteiger charge is -2.26. The van der Waals surface area contributed by atoms with Crippen molar-refractivity contribution in [3.8, 4) is 17.1 Å². The molecule has 1 saturated heterocycles. The van der Waals surface area contributed by atoms with Crippen LogP contribution >= 0.6 is 0 Å². The average Bonchev–Trinajstić information content (AvgIpc) is 3.35. The molecule has 0 unspecified atom stereocenters. The zero-order valence-electron chi connectivity index (χ0n) is 18.3. The van der Waals surface area contributed by atoms with E-state index in [0.29, 0.717) is 17.9 Å². The van der Waals surface area contributed by atoms with E-state index in [-0.39, 0.29) is 17.2 Å². The van der Waals surface area contributed by atoms with Crippen LogP contribution in [0.4, 0.5) is 0 Å². The number of hydrogen-bond acceptors (Lipinski definition) is 6. The van der Waals surface area contributed by atoms with Crippen molar-refractivity contribution in [2.24, 2.45) is 0 Å². The molecule has 8 heteroatoms. The fourth-order valence-corrected chi connectivity index (χ4v) is 4.88. The molecule has 0 amide bonds. The summed E-state index contributed by atoms with van der Waals surface area (Å²) in [6.45, 7) is 3.94. The lowest BCUT2D eigenvalue weighted by Crippen LogP contribution is -2.33. The number of H-pyrrole nitrogens is 1. The van der Waals surface area contributed by atoms with E-state index in [1.807, 2.05) is 24.3 Å². The fourth-order valence-electron chi connectivity index (χ4n) is 4.88. The third kappa shape index (κ3) is 4.32. The molecule has 32 heavy (non-hydrogen) atoms. The molecule has 168 valence electrons. The third-order valence-electron chi connectivity index (χ3n) is 6.61. The Bertz CT molecular complexity index is 1190. The van der Waals surface area contributed by atoms with Crippen molar-refractivity contribution in [3.63, 3.8) is 0 Å². The number of ether oxygens (including phenoxy) is 1. The van der Waals surface area contributed by atoms with Crippen LogP contribution in [0.3, 0.4) is 0 Å². The Labute approximate surface area is 186 Å². The molecule has 1 aromatic carbocycles. The molecule has 2 fully saturated rings. The van der Waals surface area contributed by atoms with Crippen molar-refractivity contribution in [3.05, 3.63) is 51.3 Å². The molecule has 5 rings (SSSR count). The quantitative estimate of drug-likeness (QED) is 0.639. The number of rotatable bonds is 6. The van der Waals surface area contributed by atoms with E-state index in [9.17, 15) is 9.59 Å². The number of fused-ring (bicyclic) bond motifs is 1. The minimum Gasteiger partial charge on any atom is -0.492 e. The molecule has 3 aromatic rings. The molecular weight excluding hydrogens is 406 g/mol. The molecule has 3 heterocycles. The summed E-state index contributed by atoms with van der Waals surface area (Å²) >= 11 is 0. The lowest BCUT2D eigenvalue weighted by atomic mass is 10.1. The Balaban J connectivity index is 1.34. The maximum absolute atomic E-state index is 12.5. The van der Waals surface area contributed by atoms with Crippen LogP contribution in [0.2, 0.25) is 0 Å². The van der Waals surface area contributed by atoms with Gasteiger partial charge in [-0.2, -0.15) is 0 Å². The number of nitrogens with zero attached hydrogens (tertiary/aromatic N) is 4. The molecule has 2 aliphatic rings. The molecular formula is C24H29N5O3. The summed E-state index contributed by atoms with van der Waals surface area (Å²) in [5.41, 5.74) is 0.709. The van der Waals surface area contributed by atoms with Gasteiger partial charge in [-0.05, 0) is 63.0 Å². The van der Waals surface area contributed by atoms with Gasteiger partial charge in [-0.15, -0.1) is 0 Å². The van der Waals surface area contributed by atoms with Crippen LogP contribution in [-0.4, -0.2) is 50.7 Å². The molecule has 0 bridgehead atoms. The van der Waals surface area contributed by atoms with Crippen LogP contribution in [0, 0.1) is 0 Å². The smallest absolute Gasteiger partial charge is 0.329 e. The Kier molecular flexibility index (Phi) is 6.03. The van der Waals surface area contributed by atoms with Crippen molar-refractivity contribution in [2.75, 3.05) is 26.2 Å². The van der Waals surface area contributed by atoms with Crippen LogP contribution in [0.5, 0.6) is 5.75 Å². The summed E-state index contributed by atoms with van der Waals surface area (Å²) in [6.07, 6.45) is 9.53. The summed E-state index contributed by atoms with van der Waals surface area (Å²) in [6, 6.07) is 7.71. The van der Waals surface area contributed by atoms with Crippen molar-refractivity contribution in [1.82, 2.24) is 24.4 Å². The van der Waals surface area contributed by atoms with E-state index >= 15 is 0 Å². The highest BCUT2D eigenvalue weighted by molar-refractivity contribution is 5.75. The van der Waals surface area contributed by atoms with Crippen LogP contribution in [0.1, 0.15) is 51.0 Å². The SMILES string of the molecule is O=c1[nH]c(=O)n(C2CCCC2)c2cnc(-c3ccc(OCCN4CCCCC4)cc3)nc12. The zero-order chi connectivity index (χ0) is 21.9. The number of likely N-dealkylation sites (tertiary alicyclic amines) is 1. The van der Waals surface area contributed by atoms with Crippen LogP contribution < -0.4 is 16.0 Å². The van der Waals surface area contributed by atoms with Crippen molar-refractivity contribution < 1.29 is 4.74 Å². The van der Waals surface area contributed by atoms with Gasteiger partial charge < -0.3 is 4.74 Å². The van der Waals surface area contributed by atoms with E-state index in [0.717, 1.165) is 56.6 Å². The fraction of sp³-hybridized carbons (Fsp3) is 0.500. The van der Waals surface area contributed by atoms with E-state index in [1.54, 1.807) is 10.8 Å². The minimum absolute atomic E-state index is 0.0951. The van der Waals surface area contributed by atoms with Gasteiger partial charge in [-0.1, -0.05) is 19.3 Å². The van der Waals surface area contributed by atoms with E-state index in [1.165, 1.54) is 19.3 Å². The van der Waals surface area contributed by atoms with E-state index in [4.69, 9.17) is 4.74 Å². The summed E-state index contributed by atoms with van der Waals surface area (Å²) in [4.78, 5) is 38.8. The van der Waals surface area contributed by atoms with Gasteiger partial charge >= 0.3 is 5.69 Å². The van der Waals surface area contributed by atoms with Crippen LogP contribution in [-0.2, 0) is 0 Å². The highest BCUT2D eigenvalue weighted by Crippen LogP contribution is 2.30. The second-order valence-corrected chi connectivity index (χ2v) is 8.77. The number of nitrogens with one attached hydrogen (secondary N) is 1. The van der Waals surface area contributed by atoms with Gasteiger partial charge in [0.15, 0.2) is 11.3 Å². The van der Waals surface area contributed by atoms with Gasteiger partial charge in [0, 0.05) is 18.2 Å². The molecule has 1 saturated carbocycles. The molecule has 8 nitrogen and oxygen atoms in total. The highest BCUT2D eigenvalue weighted by atomic mass is 16.5. The summed E-state index contributed by atoms with van der Waals surface area (Å²) < 4.78 is 7.56. The number of aromatic nitrogens is 4. The Morgan fingerprint density at radius 2 is 1.75 bits per heavy atom. The Morgan fingerprint density at radius 1 is 1.00 bits per heavy atom. The largest absolute Gasteiger partial charge is 0.492 e. The van der Waals surface area contributed by atoms with Gasteiger partial charge in [-0.3, -0.25) is 19.2 Å². The highest BCUT2D eigenvalue weighted by Gasteiger charge is 2.22. The van der Waals surface area contributed by atoms with E-state index < -0.39 is 5.56 Å². The first kappa shape index (κ1) is 20.9. The average molecular weight is 436 g/mol. The minimum atomic E-state index is -0.472. The number of aromatic amines is 1. The normalized spacial score (nSPS) is 17.8. The Hall–Kier alpha value is -3.00. The predicted octanol–water partition coefficient (Wildman–Crippen LogP) is 3.13. The summed E-state index contributed by atoms with van der Waals surface area (Å²) in [5, 5.41) is 0. The van der Waals surface area contributed by atoms with Crippen LogP contribution in [0.25, 0.3) is 22.4 Å². The molecule has 0 atom stereocenters. The first-order valence-electron chi connectivity index (χ1n) is 11.7. The second-order valence-electron chi connectivity index (χ2n) is 8.77. The van der Waals surface area contributed by atoms with Crippen molar-refractivity contribution in [2.45, 2.75) is 51.0 Å². The number of hydrogen-bond donors (Lipinski definition) is 1. The number of benzene rings is 1. The molecule has 1 aliphatic heterocycles. The van der Waals surface area contributed by atoms with Gasteiger partial charge in [0.25, 0.3) is 5.56 Å². The van der Waals surface area contributed by atoms with Gasteiger partial charge in [0.05, 0.1) is 11.7 Å². The van der Waals surface area contributed by atoms with Crippen molar-refractivity contribution >= 4 is 11.0 Å². The summed E-state index contributed by atoms with van der Waals surface area (Å²) in [7, 11) is 0. The molecule has 2 aromatic heterocycles. The van der Waals surface area contributed by atoms with E-state index in [2.05, 4.69) is 19.9 Å². The van der Waals surface area contributed by atoms with Gasteiger partial charge in [0.1, 0.15) is 12.4 Å². The Morgan fingerprint density at radius 3 is 2.50 bits per heavy atom. The first-order chi connectivity index (χ1) is 15.7. The predicted molar refractivity (Wildman–Crippen MR) is 123 cm³/mol. The zero-order valence-corrected chi connectivity index (χ0v) is 18.3. The third-order valence-corrected chi connectivity index (χ3v) is 6.61. The molecule has 1 N–H and O–H groups in total. The topological polar surface area (TPSA) is 93.1 Å². The maximum atomic E-state index is 12.5. The number of piperidine rings is 1. The summed E-state index contributed by atoms with van der Waals surface area (Å²) in [5.74, 6) is 1.26. The van der Waals surface area contributed by atoms with Gasteiger partial charge in [0.2, 0.25) is 0 Å².